The Bertz CT molecular complexity index is 597. The van der Waals surface area contributed by atoms with Crippen molar-refractivity contribution >= 4 is 11.0 Å². The highest BCUT2D eigenvalue weighted by Crippen LogP contribution is 2.25. The summed E-state index contributed by atoms with van der Waals surface area (Å²) >= 11 is 0. The zero-order valence-corrected chi connectivity index (χ0v) is 12.3. The number of hydrogen-bond donors (Lipinski definition) is 1. The van der Waals surface area contributed by atoms with Crippen LogP contribution in [-0.2, 0) is 17.7 Å². The van der Waals surface area contributed by atoms with E-state index >= 15 is 0 Å². The molecule has 1 aromatic heterocycles. The van der Waals surface area contributed by atoms with Crippen LogP contribution in [0.2, 0.25) is 0 Å². The van der Waals surface area contributed by atoms with Gasteiger partial charge in [0.1, 0.15) is 5.82 Å². The third-order valence-corrected chi connectivity index (χ3v) is 4.01. The van der Waals surface area contributed by atoms with Crippen LogP contribution >= 0.6 is 0 Å². The first-order chi connectivity index (χ1) is 9.69. The number of rotatable bonds is 4. The van der Waals surface area contributed by atoms with E-state index in [0.717, 1.165) is 36.4 Å². The van der Waals surface area contributed by atoms with Crippen LogP contribution in [0.4, 0.5) is 0 Å². The summed E-state index contributed by atoms with van der Waals surface area (Å²) in [5, 5.41) is 0. The molecule has 1 aliphatic rings. The molecule has 3 rings (SSSR count). The molecule has 0 saturated carbocycles. The van der Waals surface area contributed by atoms with Crippen molar-refractivity contribution in [2.24, 2.45) is 5.73 Å². The predicted molar refractivity (Wildman–Crippen MR) is 80.7 cm³/mol. The minimum absolute atomic E-state index is 0.332. The normalized spacial score (nSPS) is 19.3. The lowest BCUT2D eigenvalue weighted by molar-refractivity contribution is 0.109. The van der Waals surface area contributed by atoms with E-state index in [1.807, 2.05) is 0 Å². The fourth-order valence-electron chi connectivity index (χ4n) is 3.05. The number of fused-ring (bicyclic) bond motifs is 1. The molecule has 1 fully saturated rings. The lowest BCUT2D eigenvalue weighted by Gasteiger charge is -2.15. The number of aromatic nitrogens is 2. The van der Waals surface area contributed by atoms with Gasteiger partial charge in [0.05, 0.1) is 17.1 Å². The second kappa shape index (κ2) is 5.54. The van der Waals surface area contributed by atoms with Crippen LogP contribution in [0.1, 0.15) is 44.1 Å². The lowest BCUT2D eigenvalue weighted by atomic mass is 10.1. The van der Waals surface area contributed by atoms with Crippen LogP contribution in [0.15, 0.2) is 18.2 Å². The van der Waals surface area contributed by atoms with Gasteiger partial charge in [-0.1, -0.05) is 6.07 Å². The van der Waals surface area contributed by atoms with Crippen LogP contribution in [-0.4, -0.2) is 22.3 Å². The van der Waals surface area contributed by atoms with Gasteiger partial charge in [0.25, 0.3) is 0 Å². The summed E-state index contributed by atoms with van der Waals surface area (Å²) in [6, 6.07) is 6.75. The molecule has 1 saturated heterocycles. The zero-order valence-electron chi connectivity index (χ0n) is 12.3. The van der Waals surface area contributed by atoms with Crippen molar-refractivity contribution in [3.8, 4) is 0 Å². The van der Waals surface area contributed by atoms with Crippen molar-refractivity contribution < 1.29 is 4.74 Å². The first-order valence-electron chi connectivity index (χ1n) is 7.50. The number of ether oxygens (including phenoxy) is 1. The molecule has 0 bridgehead atoms. The zero-order chi connectivity index (χ0) is 14.1. The second-order valence-electron chi connectivity index (χ2n) is 5.86. The van der Waals surface area contributed by atoms with Gasteiger partial charge < -0.3 is 15.0 Å². The van der Waals surface area contributed by atoms with Gasteiger partial charge in [0.15, 0.2) is 0 Å². The Labute approximate surface area is 119 Å². The number of nitrogens with two attached hydrogens (primary N) is 1. The van der Waals surface area contributed by atoms with E-state index < -0.39 is 0 Å². The minimum Gasteiger partial charge on any atom is -0.378 e. The molecule has 4 heteroatoms. The molecule has 20 heavy (non-hydrogen) atoms. The van der Waals surface area contributed by atoms with E-state index in [-0.39, 0.29) is 0 Å². The van der Waals surface area contributed by atoms with E-state index in [0.29, 0.717) is 18.7 Å². The molecule has 2 aromatic rings. The molecule has 0 aliphatic carbocycles. The van der Waals surface area contributed by atoms with Crippen LogP contribution in [0.25, 0.3) is 11.0 Å². The largest absolute Gasteiger partial charge is 0.378 e. The standard InChI is InChI=1S/C16H23N3O/c1-11(2)19-15-6-5-12(10-17)8-14(15)18-16(19)9-13-4-3-7-20-13/h5-6,8,11,13H,3-4,7,9-10,17H2,1-2H3. The maximum atomic E-state index is 5.76. The van der Waals surface area contributed by atoms with Gasteiger partial charge in [-0.3, -0.25) is 0 Å². The van der Waals surface area contributed by atoms with Gasteiger partial charge in [-0.25, -0.2) is 4.98 Å². The molecule has 108 valence electrons. The molecule has 1 aromatic carbocycles. The quantitative estimate of drug-likeness (QED) is 0.932. The van der Waals surface area contributed by atoms with E-state index in [2.05, 4.69) is 36.6 Å². The molecule has 0 spiro atoms. The maximum Gasteiger partial charge on any atom is 0.112 e. The molecular weight excluding hydrogens is 250 g/mol. The number of imidazole rings is 1. The van der Waals surface area contributed by atoms with Gasteiger partial charge in [-0.15, -0.1) is 0 Å². The monoisotopic (exact) mass is 273 g/mol. The first kappa shape index (κ1) is 13.6. The number of hydrogen-bond acceptors (Lipinski definition) is 3. The Morgan fingerprint density at radius 1 is 1.45 bits per heavy atom. The summed E-state index contributed by atoms with van der Waals surface area (Å²) in [7, 11) is 0. The molecule has 2 heterocycles. The highest BCUT2D eigenvalue weighted by atomic mass is 16.5. The van der Waals surface area contributed by atoms with Crippen LogP contribution < -0.4 is 5.73 Å². The average molecular weight is 273 g/mol. The molecule has 4 nitrogen and oxygen atoms in total. The van der Waals surface area contributed by atoms with Crippen molar-refractivity contribution in [3.05, 3.63) is 29.6 Å². The predicted octanol–water partition coefficient (Wildman–Crippen LogP) is 2.80. The number of nitrogens with zero attached hydrogens (tertiary/aromatic N) is 2. The van der Waals surface area contributed by atoms with Crippen molar-refractivity contribution in [2.75, 3.05) is 6.61 Å². The first-order valence-corrected chi connectivity index (χ1v) is 7.50. The molecule has 1 atom stereocenters. The van der Waals surface area contributed by atoms with Gasteiger partial charge in [0.2, 0.25) is 0 Å². The van der Waals surface area contributed by atoms with Crippen molar-refractivity contribution in [3.63, 3.8) is 0 Å². The summed E-state index contributed by atoms with van der Waals surface area (Å²) in [5.74, 6) is 1.14. The van der Waals surface area contributed by atoms with Crippen molar-refractivity contribution in [1.29, 1.82) is 0 Å². The van der Waals surface area contributed by atoms with E-state index in [1.165, 1.54) is 11.9 Å². The topological polar surface area (TPSA) is 53.1 Å². The average Bonchev–Trinajstić information content (AvgIpc) is 3.04. The maximum absolute atomic E-state index is 5.76. The molecule has 0 amide bonds. The Kier molecular flexibility index (Phi) is 3.76. The highest BCUT2D eigenvalue weighted by molar-refractivity contribution is 5.77. The molecule has 1 aliphatic heterocycles. The SMILES string of the molecule is CC(C)n1c(CC2CCCO2)nc2cc(CN)ccc21. The smallest absolute Gasteiger partial charge is 0.112 e. The Morgan fingerprint density at radius 2 is 2.30 bits per heavy atom. The summed E-state index contributed by atoms with van der Waals surface area (Å²) in [6.45, 7) is 5.86. The fourth-order valence-corrected chi connectivity index (χ4v) is 3.05. The van der Waals surface area contributed by atoms with Crippen molar-refractivity contribution in [2.45, 2.75) is 51.8 Å². The Hall–Kier alpha value is -1.39. The van der Waals surface area contributed by atoms with Gasteiger partial charge in [0, 0.05) is 25.6 Å². The third-order valence-electron chi connectivity index (χ3n) is 4.01. The lowest BCUT2D eigenvalue weighted by Crippen LogP contribution is -2.15. The van der Waals surface area contributed by atoms with Crippen LogP contribution in [0.3, 0.4) is 0 Å². The summed E-state index contributed by atoms with van der Waals surface area (Å²) < 4.78 is 8.09. The Morgan fingerprint density at radius 3 is 2.95 bits per heavy atom. The van der Waals surface area contributed by atoms with Gasteiger partial charge >= 0.3 is 0 Å². The summed E-state index contributed by atoms with van der Waals surface area (Å²) in [5.41, 5.74) is 9.11. The summed E-state index contributed by atoms with van der Waals surface area (Å²) in [4.78, 5) is 4.83. The fraction of sp³-hybridized carbons (Fsp3) is 0.562. The van der Waals surface area contributed by atoms with Crippen molar-refractivity contribution in [1.82, 2.24) is 9.55 Å². The highest BCUT2D eigenvalue weighted by Gasteiger charge is 2.21. The van der Waals surface area contributed by atoms with E-state index in [1.54, 1.807) is 0 Å². The third kappa shape index (κ3) is 2.45. The molecule has 0 radical (unpaired) electrons. The van der Waals surface area contributed by atoms with Crippen LogP contribution in [0.5, 0.6) is 0 Å². The summed E-state index contributed by atoms with van der Waals surface area (Å²) in [6.07, 6.45) is 3.56. The van der Waals surface area contributed by atoms with Crippen LogP contribution in [0, 0.1) is 0 Å². The molecular formula is C16H23N3O. The molecule has 1 unspecified atom stereocenters. The Balaban J connectivity index is 2.02. The van der Waals surface area contributed by atoms with Gasteiger partial charge in [-0.05, 0) is 44.4 Å². The second-order valence-corrected chi connectivity index (χ2v) is 5.86. The van der Waals surface area contributed by atoms with E-state index in [4.69, 9.17) is 15.5 Å². The number of benzene rings is 1. The van der Waals surface area contributed by atoms with E-state index in [9.17, 15) is 0 Å². The van der Waals surface area contributed by atoms with Gasteiger partial charge in [-0.2, -0.15) is 0 Å². The minimum atomic E-state index is 0.332. The molecule has 2 N–H and O–H groups in total.